The normalized spacial score (nSPS) is 15.7. The van der Waals surface area contributed by atoms with Crippen molar-refractivity contribution < 1.29 is 9.47 Å². The minimum atomic E-state index is 0.325. The molecule has 1 fully saturated rings. The molecule has 0 radical (unpaired) electrons. The maximum absolute atomic E-state index is 6.04. The summed E-state index contributed by atoms with van der Waals surface area (Å²) >= 11 is 0. The first kappa shape index (κ1) is 18.5. The molecule has 3 heterocycles. The number of anilines is 2. The molecule has 0 aliphatic carbocycles. The van der Waals surface area contributed by atoms with Gasteiger partial charge >= 0.3 is 0 Å². The van der Waals surface area contributed by atoms with Crippen LogP contribution in [-0.2, 0) is 6.54 Å². The summed E-state index contributed by atoms with van der Waals surface area (Å²) in [5, 5.41) is 7.75. The Bertz CT molecular complexity index is 927. The Morgan fingerprint density at radius 2 is 1.86 bits per heavy atom. The Labute approximate surface area is 164 Å². The average molecular weight is 382 g/mol. The number of piperidine rings is 1. The molecule has 8 heteroatoms. The van der Waals surface area contributed by atoms with E-state index in [9.17, 15) is 0 Å². The molecule has 8 nitrogen and oxygen atoms in total. The number of likely N-dealkylation sites (tertiary alicyclic amines) is 1. The molecular formula is C20H26N6O2. The van der Waals surface area contributed by atoms with E-state index in [1.165, 1.54) is 5.56 Å². The number of aromatic nitrogens is 3. The number of nitrogens with one attached hydrogen (secondary N) is 1. The molecule has 0 amide bonds. The van der Waals surface area contributed by atoms with Crippen molar-refractivity contribution in [2.75, 3.05) is 32.6 Å². The lowest BCUT2D eigenvalue weighted by atomic mass is 10.1. The van der Waals surface area contributed by atoms with Gasteiger partial charge in [-0.25, -0.2) is 9.50 Å². The molecule has 1 aliphatic heterocycles. The van der Waals surface area contributed by atoms with Crippen molar-refractivity contribution >= 4 is 17.0 Å². The van der Waals surface area contributed by atoms with E-state index in [0.717, 1.165) is 49.5 Å². The van der Waals surface area contributed by atoms with E-state index in [2.05, 4.69) is 26.4 Å². The lowest BCUT2D eigenvalue weighted by molar-refractivity contribution is 0.206. The van der Waals surface area contributed by atoms with Crippen molar-refractivity contribution in [3.8, 4) is 11.5 Å². The van der Waals surface area contributed by atoms with Crippen LogP contribution in [0.4, 0.5) is 11.5 Å². The van der Waals surface area contributed by atoms with E-state index in [1.54, 1.807) is 20.5 Å². The van der Waals surface area contributed by atoms with Gasteiger partial charge in [-0.2, -0.15) is 5.10 Å². The number of nitrogens with zero attached hydrogens (tertiary/aromatic N) is 4. The SMILES string of the molecule is COc1cc(Nc2ncnn3ccc(CN4CCC(N)CC4)c23)cc(OC)c1. The van der Waals surface area contributed by atoms with Crippen LogP contribution in [0.5, 0.6) is 11.5 Å². The van der Waals surface area contributed by atoms with Crippen LogP contribution >= 0.6 is 0 Å². The van der Waals surface area contributed by atoms with E-state index in [0.29, 0.717) is 17.5 Å². The molecule has 0 unspecified atom stereocenters. The summed E-state index contributed by atoms with van der Waals surface area (Å²) in [6.45, 7) is 2.89. The number of fused-ring (bicyclic) bond motifs is 1. The van der Waals surface area contributed by atoms with Crippen LogP contribution in [0, 0.1) is 0 Å². The zero-order valence-corrected chi connectivity index (χ0v) is 16.3. The van der Waals surface area contributed by atoms with Crippen molar-refractivity contribution in [3.05, 3.63) is 42.4 Å². The van der Waals surface area contributed by atoms with Crippen molar-refractivity contribution in [2.45, 2.75) is 25.4 Å². The largest absolute Gasteiger partial charge is 0.497 e. The fourth-order valence-corrected chi connectivity index (χ4v) is 3.61. The number of nitrogens with two attached hydrogens (primary N) is 1. The fraction of sp³-hybridized carbons (Fsp3) is 0.400. The predicted octanol–water partition coefficient (Wildman–Crippen LogP) is 2.41. The van der Waals surface area contributed by atoms with Gasteiger partial charge in [-0.3, -0.25) is 4.90 Å². The van der Waals surface area contributed by atoms with Gasteiger partial charge in [0, 0.05) is 42.7 Å². The number of rotatable bonds is 6. The number of hydrogen-bond donors (Lipinski definition) is 2. The predicted molar refractivity (Wildman–Crippen MR) is 108 cm³/mol. The number of hydrogen-bond acceptors (Lipinski definition) is 7. The highest BCUT2D eigenvalue weighted by atomic mass is 16.5. The Morgan fingerprint density at radius 3 is 2.54 bits per heavy atom. The summed E-state index contributed by atoms with van der Waals surface area (Å²) in [4.78, 5) is 6.92. The molecule has 0 atom stereocenters. The number of ether oxygens (including phenoxy) is 2. The molecule has 0 bridgehead atoms. The molecule has 28 heavy (non-hydrogen) atoms. The molecule has 1 aliphatic rings. The van der Waals surface area contributed by atoms with E-state index >= 15 is 0 Å². The van der Waals surface area contributed by atoms with Gasteiger partial charge in [0.15, 0.2) is 5.82 Å². The van der Waals surface area contributed by atoms with Crippen LogP contribution in [0.25, 0.3) is 5.52 Å². The summed E-state index contributed by atoms with van der Waals surface area (Å²) in [7, 11) is 3.27. The highest BCUT2D eigenvalue weighted by Gasteiger charge is 2.19. The van der Waals surface area contributed by atoms with Crippen LogP contribution in [0.1, 0.15) is 18.4 Å². The number of methoxy groups -OCH3 is 2. The molecule has 2 aromatic heterocycles. The van der Waals surface area contributed by atoms with Gasteiger partial charge in [0.05, 0.1) is 14.2 Å². The number of benzene rings is 1. The topological polar surface area (TPSA) is 89.9 Å². The first-order chi connectivity index (χ1) is 13.7. The Morgan fingerprint density at radius 1 is 1.14 bits per heavy atom. The van der Waals surface area contributed by atoms with Crippen molar-refractivity contribution in [1.29, 1.82) is 0 Å². The maximum Gasteiger partial charge on any atom is 0.158 e. The van der Waals surface area contributed by atoms with Gasteiger partial charge in [-0.05, 0) is 37.6 Å². The molecule has 0 spiro atoms. The van der Waals surface area contributed by atoms with Gasteiger partial charge in [0.25, 0.3) is 0 Å². The molecule has 3 aromatic rings. The first-order valence-electron chi connectivity index (χ1n) is 9.45. The van der Waals surface area contributed by atoms with E-state index < -0.39 is 0 Å². The minimum Gasteiger partial charge on any atom is -0.497 e. The zero-order valence-electron chi connectivity index (χ0n) is 16.3. The van der Waals surface area contributed by atoms with Crippen LogP contribution in [0.3, 0.4) is 0 Å². The summed E-state index contributed by atoms with van der Waals surface area (Å²) < 4.78 is 12.6. The molecule has 0 saturated carbocycles. The van der Waals surface area contributed by atoms with Gasteiger partial charge in [0.1, 0.15) is 23.3 Å². The summed E-state index contributed by atoms with van der Waals surface area (Å²) in [6.07, 6.45) is 5.60. The fourth-order valence-electron chi connectivity index (χ4n) is 3.61. The van der Waals surface area contributed by atoms with E-state index in [1.807, 2.05) is 28.9 Å². The quantitative estimate of drug-likeness (QED) is 0.677. The van der Waals surface area contributed by atoms with Gasteiger partial charge < -0.3 is 20.5 Å². The summed E-state index contributed by atoms with van der Waals surface area (Å²) in [6, 6.07) is 8.09. The molecule has 1 aromatic carbocycles. The molecule has 3 N–H and O–H groups in total. The second-order valence-corrected chi connectivity index (χ2v) is 7.08. The van der Waals surface area contributed by atoms with E-state index in [4.69, 9.17) is 15.2 Å². The molecule has 148 valence electrons. The summed E-state index contributed by atoms with van der Waals surface area (Å²) in [5.41, 5.74) is 9.04. The molecule has 4 rings (SSSR count). The zero-order chi connectivity index (χ0) is 19.5. The highest BCUT2D eigenvalue weighted by Crippen LogP contribution is 2.30. The van der Waals surface area contributed by atoms with Gasteiger partial charge in [-0.15, -0.1) is 0 Å². The van der Waals surface area contributed by atoms with Crippen LogP contribution in [0.2, 0.25) is 0 Å². The van der Waals surface area contributed by atoms with Crippen LogP contribution in [0.15, 0.2) is 36.8 Å². The van der Waals surface area contributed by atoms with Crippen LogP contribution in [-0.4, -0.2) is 52.8 Å². The third-order valence-corrected chi connectivity index (χ3v) is 5.18. The highest BCUT2D eigenvalue weighted by molar-refractivity contribution is 5.77. The Hall–Kier alpha value is -2.84. The third kappa shape index (κ3) is 3.88. The lowest BCUT2D eigenvalue weighted by Crippen LogP contribution is -2.39. The van der Waals surface area contributed by atoms with E-state index in [-0.39, 0.29) is 0 Å². The van der Waals surface area contributed by atoms with Crippen molar-refractivity contribution in [3.63, 3.8) is 0 Å². The van der Waals surface area contributed by atoms with Crippen LogP contribution < -0.4 is 20.5 Å². The smallest absolute Gasteiger partial charge is 0.158 e. The summed E-state index contributed by atoms with van der Waals surface area (Å²) in [5.74, 6) is 2.18. The molecule has 1 saturated heterocycles. The average Bonchev–Trinajstić information content (AvgIpc) is 3.13. The standard InChI is InChI=1S/C20H26N6O2/c1-27-17-9-16(10-18(11-17)28-2)24-20-19-14(3-8-26(19)23-13-22-20)12-25-6-4-15(21)5-7-25/h3,8-11,13,15H,4-7,12,21H2,1-2H3,(H,22,23,24). The lowest BCUT2D eigenvalue weighted by Gasteiger charge is -2.29. The monoisotopic (exact) mass is 382 g/mol. The molecular weight excluding hydrogens is 356 g/mol. The minimum absolute atomic E-state index is 0.325. The van der Waals surface area contributed by atoms with Gasteiger partial charge in [0.2, 0.25) is 0 Å². The second kappa shape index (κ2) is 8.04. The Kier molecular flexibility index (Phi) is 5.31. The van der Waals surface area contributed by atoms with Crippen molar-refractivity contribution in [2.24, 2.45) is 5.73 Å². The van der Waals surface area contributed by atoms with Gasteiger partial charge in [-0.1, -0.05) is 0 Å². The first-order valence-corrected chi connectivity index (χ1v) is 9.45. The third-order valence-electron chi connectivity index (χ3n) is 5.18. The van der Waals surface area contributed by atoms with Crippen molar-refractivity contribution in [1.82, 2.24) is 19.5 Å². The maximum atomic E-state index is 6.04. The Balaban J connectivity index is 1.63. The second-order valence-electron chi connectivity index (χ2n) is 7.08.